The lowest BCUT2D eigenvalue weighted by Crippen LogP contribution is -2.21. The first-order chi connectivity index (χ1) is 7.69. The Kier molecular flexibility index (Phi) is 3.98. The van der Waals surface area contributed by atoms with Crippen molar-refractivity contribution in [2.24, 2.45) is 5.92 Å². The third-order valence-electron chi connectivity index (χ3n) is 3.47. The summed E-state index contributed by atoms with van der Waals surface area (Å²) in [6, 6.07) is 6.00. The number of hydrogen-bond donors (Lipinski definition) is 1. The maximum absolute atomic E-state index is 13.6. The third-order valence-corrected chi connectivity index (χ3v) is 3.97. The number of halogens is 2. The molecule has 0 aliphatic heterocycles. The standard InChI is InChI=1S/C13H17BrFN/c1-16-12-5-2-9(7-12)6-10-3-4-11(14)8-13(10)15/h3-4,8-9,12,16H,2,5-7H2,1H3. The van der Waals surface area contributed by atoms with E-state index >= 15 is 0 Å². The molecule has 1 saturated carbocycles. The van der Waals surface area contributed by atoms with Crippen LogP contribution in [0.5, 0.6) is 0 Å². The molecule has 1 N–H and O–H groups in total. The average molecular weight is 286 g/mol. The SMILES string of the molecule is CNC1CCC(Cc2ccc(Br)cc2F)C1. The summed E-state index contributed by atoms with van der Waals surface area (Å²) in [5, 5.41) is 3.30. The van der Waals surface area contributed by atoms with Crippen LogP contribution in [-0.4, -0.2) is 13.1 Å². The Bertz CT molecular complexity index is 367. The van der Waals surface area contributed by atoms with Gasteiger partial charge in [0.05, 0.1) is 0 Å². The molecular formula is C13H17BrFN. The van der Waals surface area contributed by atoms with Gasteiger partial charge in [-0.25, -0.2) is 4.39 Å². The zero-order valence-corrected chi connectivity index (χ0v) is 11.1. The number of nitrogens with one attached hydrogen (secondary N) is 1. The second-order valence-electron chi connectivity index (χ2n) is 4.60. The fourth-order valence-electron chi connectivity index (χ4n) is 2.52. The Labute approximate surface area is 105 Å². The molecule has 2 atom stereocenters. The number of benzene rings is 1. The molecule has 0 bridgehead atoms. The molecule has 1 aromatic carbocycles. The van der Waals surface area contributed by atoms with Gasteiger partial charge in [0.2, 0.25) is 0 Å². The Balaban J connectivity index is 1.99. The molecule has 0 heterocycles. The summed E-state index contributed by atoms with van der Waals surface area (Å²) < 4.78 is 14.5. The van der Waals surface area contributed by atoms with Crippen LogP contribution < -0.4 is 5.32 Å². The van der Waals surface area contributed by atoms with Gasteiger partial charge >= 0.3 is 0 Å². The fourth-order valence-corrected chi connectivity index (χ4v) is 2.85. The maximum Gasteiger partial charge on any atom is 0.127 e. The van der Waals surface area contributed by atoms with Crippen molar-refractivity contribution in [1.29, 1.82) is 0 Å². The molecule has 2 unspecified atom stereocenters. The van der Waals surface area contributed by atoms with Crippen LogP contribution >= 0.6 is 15.9 Å². The van der Waals surface area contributed by atoms with Crippen molar-refractivity contribution in [2.75, 3.05) is 7.05 Å². The van der Waals surface area contributed by atoms with Gasteiger partial charge in [0.1, 0.15) is 5.82 Å². The van der Waals surface area contributed by atoms with Crippen molar-refractivity contribution >= 4 is 15.9 Å². The van der Waals surface area contributed by atoms with E-state index in [2.05, 4.69) is 21.2 Å². The van der Waals surface area contributed by atoms with Gasteiger partial charge in [-0.2, -0.15) is 0 Å². The molecule has 0 spiro atoms. The summed E-state index contributed by atoms with van der Waals surface area (Å²) >= 11 is 3.28. The van der Waals surface area contributed by atoms with Crippen LogP contribution in [0.4, 0.5) is 4.39 Å². The molecule has 1 aromatic rings. The Morgan fingerprint density at radius 1 is 1.44 bits per heavy atom. The van der Waals surface area contributed by atoms with Gasteiger partial charge in [-0.1, -0.05) is 22.0 Å². The molecule has 0 radical (unpaired) electrons. The fraction of sp³-hybridized carbons (Fsp3) is 0.538. The summed E-state index contributed by atoms with van der Waals surface area (Å²) in [5.41, 5.74) is 0.852. The molecule has 2 rings (SSSR count). The zero-order chi connectivity index (χ0) is 11.5. The molecule has 1 aliphatic carbocycles. The van der Waals surface area contributed by atoms with E-state index in [4.69, 9.17) is 0 Å². The van der Waals surface area contributed by atoms with Crippen LogP contribution in [0, 0.1) is 11.7 Å². The van der Waals surface area contributed by atoms with Gasteiger partial charge in [0, 0.05) is 10.5 Å². The molecule has 1 nitrogen and oxygen atoms in total. The van der Waals surface area contributed by atoms with E-state index in [9.17, 15) is 4.39 Å². The quantitative estimate of drug-likeness (QED) is 0.896. The number of hydrogen-bond acceptors (Lipinski definition) is 1. The first-order valence-electron chi connectivity index (χ1n) is 5.80. The molecule has 0 amide bonds. The Hall–Kier alpha value is -0.410. The number of rotatable bonds is 3. The zero-order valence-electron chi connectivity index (χ0n) is 9.47. The van der Waals surface area contributed by atoms with Gasteiger partial charge in [0.25, 0.3) is 0 Å². The molecular weight excluding hydrogens is 269 g/mol. The van der Waals surface area contributed by atoms with Crippen molar-refractivity contribution in [3.05, 3.63) is 34.1 Å². The molecule has 88 valence electrons. The van der Waals surface area contributed by atoms with E-state index < -0.39 is 0 Å². The third kappa shape index (κ3) is 2.83. The highest BCUT2D eigenvalue weighted by Crippen LogP contribution is 2.29. The van der Waals surface area contributed by atoms with Crippen LogP contribution in [0.25, 0.3) is 0 Å². The molecule has 0 aromatic heterocycles. The van der Waals surface area contributed by atoms with E-state index in [0.717, 1.165) is 16.5 Å². The van der Waals surface area contributed by atoms with Crippen molar-refractivity contribution in [3.8, 4) is 0 Å². The molecule has 0 saturated heterocycles. The minimum Gasteiger partial charge on any atom is -0.317 e. The normalized spacial score (nSPS) is 24.9. The van der Waals surface area contributed by atoms with E-state index in [1.165, 1.54) is 19.3 Å². The highest BCUT2D eigenvalue weighted by atomic mass is 79.9. The summed E-state index contributed by atoms with van der Waals surface area (Å²) in [6.45, 7) is 0. The smallest absolute Gasteiger partial charge is 0.127 e. The van der Waals surface area contributed by atoms with E-state index in [1.54, 1.807) is 6.07 Å². The van der Waals surface area contributed by atoms with Crippen LogP contribution in [-0.2, 0) is 6.42 Å². The summed E-state index contributed by atoms with van der Waals surface area (Å²) in [5.74, 6) is 0.551. The van der Waals surface area contributed by atoms with Crippen LogP contribution in [0.1, 0.15) is 24.8 Å². The highest BCUT2D eigenvalue weighted by Gasteiger charge is 2.24. The first kappa shape index (κ1) is 12.1. The summed E-state index contributed by atoms with van der Waals surface area (Å²) in [6.07, 6.45) is 4.48. The second kappa shape index (κ2) is 5.28. The van der Waals surface area contributed by atoms with Gasteiger partial charge in [-0.3, -0.25) is 0 Å². The first-order valence-corrected chi connectivity index (χ1v) is 6.59. The molecule has 3 heteroatoms. The largest absolute Gasteiger partial charge is 0.317 e. The monoisotopic (exact) mass is 285 g/mol. The average Bonchev–Trinajstić information content (AvgIpc) is 2.70. The second-order valence-corrected chi connectivity index (χ2v) is 5.52. The highest BCUT2D eigenvalue weighted by molar-refractivity contribution is 9.10. The van der Waals surface area contributed by atoms with Crippen LogP contribution in [0.15, 0.2) is 22.7 Å². The van der Waals surface area contributed by atoms with Crippen molar-refractivity contribution in [2.45, 2.75) is 31.7 Å². The van der Waals surface area contributed by atoms with E-state index in [0.29, 0.717) is 12.0 Å². The molecule has 1 fully saturated rings. The van der Waals surface area contributed by atoms with Crippen LogP contribution in [0.3, 0.4) is 0 Å². The van der Waals surface area contributed by atoms with Gasteiger partial charge in [0.15, 0.2) is 0 Å². The predicted molar refractivity (Wildman–Crippen MR) is 68.0 cm³/mol. The van der Waals surface area contributed by atoms with Gasteiger partial charge in [-0.15, -0.1) is 0 Å². The Morgan fingerprint density at radius 3 is 2.88 bits per heavy atom. The van der Waals surface area contributed by atoms with Crippen molar-refractivity contribution in [1.82, 2.24) is 5.32 Å². The maximum atomic E-state index is 13.6. The molecule has 16 heavy (non-hydrogen) atoms. The lowest BCUT2D eigenvalue weighted by molar-refractivity contribution is 0.496. The Morgan fingerprint density at radius 2 is 2.25 bits per heavy atom. The predicted octanol–water partition coefficient (Wildman–Crippen LogP) is 3.52. The van der Waals surface area contributed by atoms with E-state index in [1.807, 2.05) is 19.2 Å². The van der Waals surface area contributed by atoms with Crippen molar-refractivity contribution < 1.29 is 4.39 Å². The topological polar surface area (TPSA) is 12.0 Å². The van der Waals surface area contributed by atoms with Crippen molar-refractivity contribution in [3.63, 3.8) is 0 Å². The van der Waals surface area contributed by atoms with Crippen LogP contribution in [0.2, 0.25) is 0 Å². The summed E-state index contributed by atoms with van der Waals surface area (Å²) in [4.78, 5) is 0. The minimum atomic E-state index is -0.0812. The van der Waals surface area contributed by atoms with Gasteiger partial charge in [-0.05, 0) is 56.3 Å². The van der Waals surface area contributed by atoms with E-state index in [-0.39, 0.29) is 5.82 Å². The molecule has 1 aliphatic rings. The summed E-state index contributed by atoms with van der Waals surface area (Å²) in [7, 11) is 2.01. The lowest BCUT2D eigenvalue weighted by Gasteiger charge is -2.11. The van der Waals surface area contributed by atoms with Gasteiger partial charge < -0.3 is 5.32 Å². The lowest BCUT2D eigenvalue weighted by atomic mass is 9.97. The minimum absolute atomic E-state index is 0.0812.